The molecule has 1 saturated heterocycles. The minimum absolute atomic E-state index is 0. The summed E-state index contributed by atoms with van der Waals surface area (Å²) in [5, 5.41) is 6.81. The van der Waals surface area contributed by atoms with Crippen molar-refractivity contribution >= 4 is 35.8 Å². The molecule has 0 spiro atoms. The van der Waals surface area contributed by atoms with Crippen molar-refractivity contribution < 1.29 is 9.13 Å². The fourth-order valence-corrected chi connectivity index (χ4v) is 3.54. The van der Waals surface area contributed by atoms with Crippen molar-refractivity contribution in [2.75, 3.05) is 31.1 Å². The van der Waals surface area contributed by atoms with Gasteiger partial charge >= 0.3 is 0 Å². The van der Waals surface area contributed by atoms with Gasteiger partial charge < -0.3 is 20.3 Å². The lowest BCUT2D eigenvalue weighted by Crippen LogP contribution is -2.44. The number of guanidine groups is 1. The standard InChI is InChI=1S/C23H32FN5O.HI/c1-3-14-30-17-19-9-6-5-8-18(19)15-27-23(25-4-2)28-20-11-13-29(16-20)22-21(24)10-7-12-26-22;/h5-10,12,20H,3-4,11,13-17H2,1-2H3,(H2,25,27,28);1H. The van der Waals surface area contributed by atoms with E-state index in [0.29, 0.717) is 25.5 Å². The summed E-state index contributed by atoms with van der Waals surface area (Å²) in [6, 6.07) is 11.5. The number of aromatic nitrogens is 1. The number of pyridine rings is 1. The van der Waals surface area contributed by atoms with Gasteiger partial charge in [-0.1, -0.05) is 31.2 Å². The summed E-state index contributed by atoms with van der Waals surface area (Å²) in [6.45, 7) is 8.34. The second-order valence-electron chi connectivity index (χ2n) is 7.40. The van der Waals surface area contributed by atoms with Crippen molar-refractivity contribution in [3.63, 3.8) is 0 Å². The molecule has 0 bridgehead atoms. The molecule has 1 aliphatic heterocycles. The number of hydrogen-bond acceptors (Lipinski definition) is 4. The molecule has 170 valence electrons. The molecule has 0 radical (unpaired) electrons. The maximum atomic E-state index is 14.0. The highest BCUT2D eigenvalue weighted by Crippen LogP contribution is 2.20. The van der Waals surface area contributed by atoms with E-state index in [1.807, 2.05) is 24.0 Å². The monoisotopic (exact) mass is 541 g/mol. The fraction of sp³-hybridized carbons (Fsp3) is 0.478. The van der Waals surface area contributed by atoms with Crippen molar-refractivity contribution in [1.29, 1.82) is 0 Å². The highest BCUT2D eigenvalue weighted by molar-refractivity contribution is 14.0. The molecular weight excluding hydrogens is 508 g/mol. The Morgan fingerprint density at radius 3 is 2.77 bits per heavy atom. The summed E-state index contributed by atoms with van der Waals surface area (Å²) in [6.07, 6.45) is 3.55. The zero-order chi connectivity index (χ0) is 21.2. The molecule has 3 rings (SSSR count). The number of rotatable bonds is 9. The van der Waals surface area contributed by atoms with Crippen molar-refractivity contribution in [3.8, 4) is 0 Å². The number of anilines is 1. The van der Waals surface area contributed by atoms with Gasteiger partial charge in [0, 0.05) is 38.5 Å². The topological polar surface area (TPSA) is 61.8 Å². The lowest BCUT2D eigenvalue weighted by molar-refractivity contribution is 0.121. The molecule has 2 aromatic rings. The van der Waals surface area contributed by atoms with Gasteiger partial charge in [-0.25, -0.2) is 14.4 Å². The minimum atomic E-state index is -0.277. The van der Waals surface area contributed by atoms with Crippen LogP contribution in [0.4, 0.5) is 10.2 Å². The quantitative estimate of drug-likeness (QED) is 0.217. The lowest BCUT2D eigenvalue weighted by Gasteiger charge is -2.20. The van der Waals surface area contributed by atoms with Crippen molar-refractivity contribution in [2.45, 2.75) is 45.9 Å². The van der Waals surface area contributed by atoms with Crippen LogP contribution in [-0.2, 0) is 17.9 Å². The van der Waals surface area contributed by atoms with Crippen LogP contribution in [-0.4, -0.2) is 43.2 Å². The van der Waals surface area contributed by atoms with Gasteiger partial charge in [0.05, 0.1) is 13.2 Å². The zero-order valence-corrected chi connectivity index (χ0v) is 20.6. The summed E-state index contributed by atoms with van der Waals surface area (Å²) in [5.41, 5.74) is 2.33. The Morgan fingerprint density at radius 1 is 1.23 bits per heavy atom. The summed E-state index contributed by atoms with van der Waals surface area (Å²) < 4.78 is 19.8. The van der Waals surface area contributed by atoms with E-state index in [1.54, 1.807) is 12.3 Å². The van der Waals surface area contributed by atoms with Crippen molar-refractivity contribution in [1.82, 2.24) is 15.6 Å². The molecule has 1 atom stereocenters. The Labute approximate surface area is 201 Å². The van der Waals surface area contributed by atoms with Crippen LogP contribution in [0.1, 0.15) is 37.8 Å². The first-order valence-corrected chi connectivity index (χ1v) is 10.8. The molecule has 0 saturated carbocycles. The van der Waals surface area contributed by atoms with Gasteiger partial charge in [0.15, 0.2) is 17.6 Å². The summed E-state index contributed by atoms with van der Waals surface area (Å²) in [7, 11) is 0. The summed E-state index contributed by atoms with van der Waals surface area (Å²) in [5.74, 6) is 0.917. The third-order valence-corrected chi connectivity index (χ3v) is 5.04. The van der Waals surface area contributed by atoms with Crippen LogP contribution in [0.15, 0.2) is 47.6 Å². The molecule has 6 nitrogen and oxygen atoms in total. The first kappa shape index (κ1) is 25.3. The SMILES string of the molecule is CCCOCc1ccccc1CN=C(NCC)NC1CCN(c2ncccc2F)C1.I. The molecule has 1 unspecified atom stereocenters. The highest BCUT2D eigenvalue weighted by atomic mass is 127. The first-order chi connectivity index (χ1) is 14.7. The second kappa shape index (κ2) is 13.5. The number of halogens is 2. The van der Waals surface area contributed by atoms with Crippen LogP contribution >= 0.6 is 24.0 Å². The predicted octanol–water partition coefficient (Wildman–Crippen LogP) is 4.10. The third-order valence-electron chi connectivity index (χ3n) is 5.04. The van der Waals surface area contributed by atoms with Crippen LogP contribution in [0.3, 0.4) is 0 Å². The molecular formula is C23H33FIN5O. The Morgan fingerprint density at radius 2 is 2.03 bits per heavy atom. The van der Waals surface area contributed by atoms with Crippen LogP contribution in [0, 0.1) is 5.82 Å². The van der Waals surface area contributed by atoms with E-state index in [-0.39, 0.29) is 35.8 Å². The number of nitrogens with zero attached hydrogens (tertiary/aromatic N) is 3. The van der Waals surface area contributed by atoms with E-state index < -0.39 is 0 Å². The fourth-order valence-electron chi connectivity index (χ4n) is 3.54. The smallest absolute Gasteiger partial charge is 0.191 e. The van der Waals surface area contributed by atoms with E-state index in [2.05, 4.69) is 34.7 Å². The second-order valence-corrected chi connectivity index (χ2v) is 7.40. The van der Waals surface area contributed by atoms with Crippen molar-refractivity contribution in [3.05, 3.63) is 59.5 Å². The molecule has 2 N–H and O–H groups in total. The molecule has 8 heteroatoms. The maximum Gasteiger partial charge on any atom is 0.191 e. The lowest BCUT2D eigenvalue weighted by atomic mass is 10.1. The number of ether oxygens (including phenoxy) is 1. The predicted molar refractivity (Wildman–Crippen MR) is 135 cm³/mol. The number of aliphatic imine (C=N–C) groups is 1. The van der Waals surface area contributed by atoms with Crippen molar-refractivity contribution in [2.24, 2.45) is 4.99 Å². The molecule has 0 amide bonds. The summed E-state index contributed by atoms with van der Waals surface area (Å²) in [4.78, 5) is 11.0. The van der Waals surface area contributed by atoms with E-state index in [4.69, 9.17) is 9.73 Å². The van der Waals surface area contributed by atoms with E-state index in [1.165, 1.54) is 11.6 Å². The minimum Gasteiger partial charge on any atom is -0.377 e. The molecule has 31 heavy (non-hydrogen) atoms. The number of hydrogen-bond donors (Lipinski definition) is 2. The van der Waals surface area contributed by atoms with Crippen LogP contribution in [0.25, 0.3) is 0 Å². The third kappa shape index (κ3) is 7.60. The van der Waals surface area contributed by atoms with E-state index >= 15 is 0 Å². The van der Waals surface area contributed by atoms with Gasteiger partial charge in [-0.3, -0.25) is 0 Å². The molecule has 1 fully saturated rings. The van der Waals surface area contributed by atoms with Gasteiger partial charge in [0.1, 0.15) is 0 Å². The Hall–Kier alpha value is -1.94. The molecule has 0 aliphatic carbocycles. The van der Waals surface area contributed by atoms with Gasteiger partial charge in [0.25, 0.3) is 0 Å². The first-order valence-electron chi connectivity index (χ1n) is 10.8. The largest absolute Gasteiger partial charge is 0.377 e. The Bertz CT molecular complexity index is 835. The van der Waals surface area contributed by atoms with E-state index in [0.717, 1.165) is 44.1 Å². The highest BCUT2D eigenvalue weighted by Gasteiger charge is 2.25. The van der Waals surface area contributed by atoms with Crippen LogP contribution < -0.4 is 15.5 Å². The van der Waals surface area contributed by atoms with Gasteiger partial charge in [0.2, 0.25) is 0 Å². The van der Waals surface area contributed by atoms with Gasteiger partial charge in [-0.05, 0) is 43.0 Å². The summed E-state index contributed by atoms with van der Waals surface area (Å²) >= 11 is 0. The van der Waals surface area contributed by atoms with Gasteiger partial charge in [-0.15, -0.1) is 24.0 Å². The average Bonchev–Trinajstić information content (AvgIpc) is 3.22. The Kier molecular flexibility index (Phi) is 11.0. The van der Waals surface area contributed by atoms with E-state index in [9.17, 15) is 4.39 Å². The zero-order valence-electron chi connectivity index (χ0n) is 18.3. The normalized spacial score (nSPS) is 16.2. The maximum absolute atomic E-state index is 14.0. The Balaban J connectivity index is 0.00000341. The van der Waals surface area contributed by atoms with Crippen LogP contribution in [0.2, 0.25) is 0 Å². The number of nitrogens with one attached hydrogen (secondary N) is 2. The molecule has 1 aromatic heterocycles. The molecule has 1 aromatic carbocycles. The van der Waals surface area contributed by atoms with Gasteiger partial charge in [-0.2, -0.15) is 0 Å². The number of benzene rings is 1. The van der Waals surface area contributed by atoms with Crippen LogP contribution in [0.5, 0.6) is 0 Å². The molecule has 1 aliphatic rings. The average molecular weight is 541 g/mol. The molecule has 2 heterocycles.